The van der Waals surface area contributed by atoms with Crippen LogP contribution >= 0.6 is 11.8 Å². The van der Waals surface area contributed by atoms with E-state index < -0.39 is 31.2 Å². The number of benzene rings is 3. The fourth-order valence-electron chi connectivity index (χ4n) is 4.15. The highest BCUT2D eigenvalue weighted by Crippen LogP contribution is 2.30. The SMILES string of the molecule is COc1cc(C)c(/N=C(/N/N=C/c2ccc(-c3ncn(-c4ccc(OC(F)(F)F)cc4)n3)cc2)SCOC(=O)C(C)OCC(F)(F)F)c(C)c1. The van der Waals surface area contributed by atoms with Crippen molar-refractivity contribution in [1.82, 2.24) is 20.2 Å². The zero-order chi connectivity index (χ0) is 36.5. The molecule has 0 fully saturated rings. The monoisotopic (exact) mass is 724 g/mol. The Kier molecular flexibility index (Phi) is 12.5. The number of esters is 1. The molecule has 1 N–H and O–H groups in total. The van der Waals surface area contributed by atoms with E-state index in [1.54, 1.807) is 43.5 Å². The molecular formula is C32H30F6N6O5S. The molecular weight excluding hydrogens is 694 g/mol. The standard InChI is InChI=1S/C32H30F6N6O5S/c1-19-13-26(46-4)14-20(2)27(19)41-30(50-18-48-29(45)21(3)47-16-31(33,34)35)42-40-15-22-5-7-23(8-6-22)28-39-17-44(43-28)24-9-11-25(12-10-24)49-32(36,37)38/h5-15,17,21H,16,18H2,1-4H3,(H,41,42)/b40-15+. The van der Waals surface area contributed by atoms with Gasteiger partial charge in [0.15, 0.2) is 17.1 Å². The summed E-state index contributed by atoms with van der Waals surface area (Å²) in [5.41, 5.74) is 6.79. The van der Waals surface area contributed by atoms with E-state index in [4.69, 9.17) is 9.47 Å². The topological polar surface area (TPSA) is 121 Å². The van der Waals surface area contributed by atoms with Crippen LogP contribution in [0.4, 0.5) is 32.0 Å². The van der Waals surface area contributed by atoms with E-state index in [-0.39, 0.29) is 16.9 Å². The molecule has 1 heterocycles. The Labute approximate surface area is 286 Å². The summed E-state index contributed by atoms with van der Waals surface area (Å²) >= 11 is 0.949. The number of ether oxygens (including phenoxy) is 4. The van der Waals surface area contributed by atoms with Gasteiger partial charge in [-0.05, 0) is 85.6 Å². The molecule has 0 aliphatic carbocycles. The number of methoxy groups -OCH3 is 1. The van der Waals surface area contributed by atoms with Crippen LogP contribution in [-0.4, -0.2) is 70.4 Å². The summed E-state index contributed by atoms with van der Waals surface area (Å²) in [5.74, 6) is -0.628. The van der Waals surface area contributed by atoms with Crippen molar-refractivity contribution in [2.24, 2.45) is 10.1 Å². The van der Waals surface area contributed by atoms with Crippen LogP contribution in [0.15, 0.2) is 77.1 Å². The van der Waals surface area contributed by atoms with Crippen LogP contribution < -0.4 is 14.9 Å². The van der Waals surface area contributed by atoms with E-state index in [9.17, 15) is 31.1 Å². The largest absolute Gasteiger partial charge is 0.573 e. The van der Waals surface area contributed by atoms with Gasteiger partial charge in [0, 0.05) is 5.56 Å². The Morgan fingerprint density at radius 3 is 2.26 bits per heavy atom. The van der Waals surface area contributed by atoms with Crippen molar-refractivity contribution in [2.75, 3.05) is 19.7 Å². The molecule has 0 saturated heterocycles. The van der Waals surface area contributed by atoms with Crippen molar-refractivity contribution < 1.29 is 50.1 Å². The minimum Gasteiger partial charge on any atom is -0.497 e. The van der Waals surface area contributed by atoms with E-state index in [0.29, 0.717) is 34.1 Å². The van der Waals surface area contributed by atoms with Crippen molar-refractivity contribution in [3.8, 4) is 28.6 Å². The second-order valence-electron chi connectivity index (χ2n) is 10.4. The Morgan fingerprint density at radius 2 is 1.66 bits per heavy atom. The van der Waals surface area contributed by atoms with Gasteiger partial charge in [-0.1, -0.05) is 24.3 Å². The molecule has 1 unspecified atom stereocenters. The van der Waals surface area contributed by atoms with Crippen LogP contribution in [0, 0.1) is 13.8 Å². The molecule has 1 atom stereocenters. The summed E-state index contributed by atoms with van der Waals surface area (Å²) in [6, 6.07) is 15.7. The predicted molar refractivity (Wildman–Crippen MR) is 174 cm³/mol. The first-order chi connectivity index (χ1) is 23.6. The smallest absolute Gasteiger partial charge is 0.497 e. The molecule has 4 rings (SSSR count). The van der Waals surface area contributed by atoms with Gasteiger partial charge in [0.2, 0.25) is 0 Å². The average Bonchev–Trinajstić information content (AvgIpc) is 3.55. The minimum atomic E-state index is -4.79. The number of nitrogens with zero attached hydrogens (tertiary/aromatic N) is 5. The molecule has 0 bridgehead atoms. The first-order valence-corrected chi connectivity index (χ1v) is 15.5. The second-order valence-corrected chi connectivity index (χ2v) is 11.3. The maximum absolute atomic E-state index is 12.4. The maximum Gasteiger partial charge on any atom is 0.573 e. The summed E-state index contributed by atoms with van der Waals surface area (Å²) in [4.78, 5) is 21.1. The zero-order valence-electron chi connectivity index (χ0n) is 26.9. The molecule has 11 nitrogen and oxygen atoms in total. The molecule has 1 aromatic heterocycles. The van der Waals surface area contributed by atoms with Gasteiger partial charge in [0.1, 0.15) is 30.4 Å². The highest BCUT2D eigenvalue weighted by atomic mass is 32.2. The summed E-state index contributed by atoms with van der Waals surface area (Å²) in [6.45, 7) is 3.24. The number of hydrazone groups is 1. The number of carbonyl (C=O) groups excluding carboxylic acids is 1. The highest BCUT2D eigenvalue weighted by Gasteiger charge is 2.31. The van der Waals surface area contributed by atoms with Crippen molar-refractivity contribution in [1.29, 1.82) is 0 Å². The number of nitrogens with one attached hydrogen (secondary N) is 1. The Balaban J connectivity index is 1.42. The fraction of sp³-hybridized carbons (Fsp3) is 0.281. The summed E-state index contributed by atoms with van der Waals surface area (Å²) in [7, 11) is 1.54. The molecule has 4 aromatic rings. The quantitative estimate of drug-likeness (QED) is 0.0402. The number of hydrogen-bond acceptors (Lipinski definition) is 10. The lowest BCUT2D eigenvalue weighted by Crippen LogP contribution is -2.29. The minimum absolute atomic E-state index is 0.221. The lowest BCUT2D eigenvalue weighted by molar-refractivity contribution is -0.274. The number of amidine groups is 1. The lowest BCUT2D eigenvalue weighted by Gasteiger charge is -2.14. The van der Waals surface area contributed by atoms with Gasteiger partial charge in [0.05, 0.1) is 24.7 Å². The number of thioether (sulfide) groups is 1. The molecule has 50 heavy (non-hydrogen) atoms. The number of alkyl halides is 6. The number of aromatic nitrogens is 3. The lowest BCUT2D eigenvalue weighted by atomic mass is 10.1. The van der Waals surface area contributed by atoms with E-state index >= 15 is 0 Å². The van der Waals surface area contributed by atoms with Gasteiger partial charge < -0.3 is 18.9 Å². The zero-order valence-corrected chi connectivity index (χ0v) is 27.7. The van der Waals surface area contributed by atoms with Crippen LogP contribution in [0.2, 0.25) is 0 Å². The Bertz CT molecular complexity index is 1790. The van der Waals surface area contributed by atoms with Crippen LogP contribution in [-0.2, 0) is 14.3 Å². The first kappa shape index (κ1) is 37.7. The van der Waals surface area contributed by atoms with E-state index in [1.807, 2.05) is 13.8 Å². The molecule has 18 heteroatoms. The number of rotatable bonds is 12. The fourth-order valence-corrected chi connectivity index (χ4v) is 4.71. The van der Waals surface area contributed by atoms with Gasteiger partial charge in [-0.25, -0.2) is 19.5 Å². The average molecular weight is 725 g/mol. The first-order valence-electron chi connectivity index (χ1n) is 14.5. The number of halogens is 6. The number of aliphatic imine (C=N–C) groups is 1. The van der Waals surface area contributed by atoms with E-state index in [0.717, 1.165) is 29.8 Å². The number of aryl methyl sites for hydroxylation is 2. The summed E-state index contributed by atoms with van der Waals surface area (Å²) < 4.78 is 94.9. The maximum atomic E-state index is 12.4. The van der Waals surface area contributed by atoms with Gasteiger partial charge in [-0.3, -0.25) is 5.43 Å². The van der Waals surface area contributed by atoms with Gasteiger partial charge in [0.25, 0.3) is 0 Å². The predicted octanol–water partition coefficient (Wildman–Crippen LogP) is 7.27. The Morgan fingerprint density at radius 1 is 1.00 bits per heavy atom. The third-order valence-electron chi connectivity index (χ3n) is 6.51. The second kappa shape index (κ2) is 16.5. The van der Waals surface area contributed by atoms with Gasteiger partial charge >= 0.3 is 18.5 Å². The number of hydrogen-bond donors (Lipinski definition) is 1. The summed E-state index contributed by atoms with van der Waals surface area (Å²) in [5, 5.41) is 8.84. The van der Waals surface area contributed by atoms with Crippen LogP contribution in [0.5, 0.6) is 11.5 Å². The van der Waals surface area contributed by atoms with Crippen LogP contribution in [0.3, 0.4) is 0 Å². The molecule has 3 aromatic carbocycles. The molecule has 0 spiro atoms. The molecule has 0 aliphatic rings. The van der Waals surface area contributed by atoms with Gasteiger partial charge in [-0.2, -0.15) is 18.3 Å². The van der Waals surface area contributed by atoms with E-state index in [1.165, 1.54) is 41.5 Å². The van der Waals surface area contributed by atoms with Gasteiger partial charge in [-0.15, -0.1) is 18.3 Å². The van der Waals surface area contributed by atoms with Crippen molar-refractivity contribution in [2.45, 2.75) is 39.4 Å². The molecule has 0 saturated carbocycles. The third kappa shape index (κ3) is 11.5. The van der Waals surface area contributed by atoms with Crippen molar-refractivity contribution >= 4 is 34.8 Å². The van der Waals surface area contributed by atoms with Crippen molar-refractivity contribution in [3.05, 3.63) is 83.7 Å². The number of carbonyl (C=O) groups is 1. The molecule has 0 radical (unpaired) electrons. The van der Waals surface area contributed by atoms with Crippen LogP contribution in [0.25, 0.3) is 17.1 Å². The normalized spacial score (nSPS) is 13.0. The van der Waals surface area contributed by atoms with Crippen molar-refractivity contribution in [3.63, 3.8) is 0 Å². The van der Waals surface area contributed by atoms with E-state index in [2.05, 4.69) is 35.1 Å². The molecule has 0 aliphatic heterocycles. The Hall–Kier alpha value is -5.10. The third-order valence-corrected chi connectivity index (χ3v) is 7.20. The molecule has 266 valence electrons. The highest BCUT2D eigenvalue weighted by molar-refractivity contribution is 8.13. The van der Waals surface area contributed by atoms with Crippen LogP contribution in [0.1, 0.15) is 23.6 Å². The summed E-state index contributed by atoms with van der Waals surface area (Å²) in [6.07, 6.45) is -7.89. The molecule has 0 amide bonds.